The van der Waals surface area contributed by atoms with Crippen LogP contribution in [0.2, 0.25) is 4.34 Å². The largest absolute Gasteiger partial charge is 0.484 e. The third-order valence-corrected chi connectivity index (χ3v) is 5.64. The van der Waals surface area contributed by atoms with Gasteiger partial charge in [0.15, 0.2) is 17.3 Å². The van der Waals surface area contributed by atoms with Crippen molar-refractivity contribution in [2.45, 2.75) is 25.6 Å². The number of halogens is 5. The highest BCUT2D eigenvalue weighted by Crippen LogP contribution is 2.43. The molecule has 2 heterocycles. The van der Waals surface area contributed by atoms with Gasteiger partial charge in [-0.1, -0.05) is 11.6 Å². The van der Waals surface area contributed by atoms with Crippen LogP contribution in [0.1, 0.15) is 29.8 Å². The normalized spacial score (nSPS) is 13.1. The van der Waals surface area contributed by atoms with E-state index in [0.29, 0.717) is 10.9 Å². The molecule has 0 radical (unpaired) electrons. The minimum atomic E-state index is -4.59. The Morgan fingerprint density at radius 2 is 2.11 bits per heavy atom. The molecule has 2 aromatic heterocycles. The Balaban J connectivity index is 1.90. The summed E-state index contributed by atoms with van der Waals surface area (Å²) in [6, 6.07) is 3.60. The van der Waals surface area contributed by atoms with Gasteiger partial charge < -0.3 is 9.84 Å². The number of alkyl halides is 3. The van der Waals surface area contributed by atoms with Crippen molar-refractivity contribution in [2.24, 2.45) is 7.05 Å². The summed E-state index contributed by atoms with van der Waals surface area (Å²) in [5.41, 5.74) is -0.654. The third kappa shape index (κ3) is 3.66. The summed E-state index contributed by atoms with van der Waals surface area (Å²) in [5, 5.41) is 12.9. The minimum Gasteiger partial charge on any atom is -0.484 e. The highest BCUT2D eigenvalue weighted by molar-refractivity contribution is 7.23. The lowest BCUT2D eigenvalue weighted by molar-refractivity contribution is -0.141. The number of nitrogens with zero attached hydrogens (tertiary/aromatic N) is 2. The number of benzene rings is 1. The first-order chi connectivity index (χ1) is 13.0. The van der Waals surface area contributed by atoms with Gasteiger partial charge in [-0.2, -0.15) is 18.3 Å². The Morgan fingerprint density at radius 3 is 2.68 bits per heavy atom. The number of carbonyl (C=O) groups is 1. The molecule has 0 amide bonds. The van der Waals surface area contributed by atoms with Crippen molar-refractivity contribution in [2.75, 3.05) is 0 Å². The zero-order valence-corrected chi connectivity index (χ0v) is 16.0. The molecule has 0 aliphatic rings. The van der Waals surface area contributed by atoms with Crippen LogP contribution in [-0.4, -0.2) is 20.9 Å². The molecule has 0 spiro atoms. The molecule has 11 heteroatoms. The van der Waals surface area contributed by atoms with E-state index in [1.807, 2.05) is 0 Å². The summed E-state index contributed by atoms with van der Waals surface area (Å²) >= 11 is 6.98. The Kier molecular flexibility index (Phi) is 5.28. The second-order valence-electron chi connectivity index (χ2n) is 6.03. The zero-order chi connectivity index (χ0) is 20.8. The average Bonchev–Trinajstić information content (AvgIpc) is 3.13. The number of aliphatic carboxylic acids is 1. The van der Waals surface area contributed by atoms with Crippen LogP contribution >= 0.6 is 22.9 Å². The Hall–Kier alpha value is -2.33. The zero-order valence-electron chi connectivity index (χ0n) is 14.5. The molecule has 0 aliphatic carbocycles. The van der Waals surface area contributed by atoms with Gasteiger partial charge in [-0.25, -0.2) is 4.39 Å². The molecular formula is C17H13ClF4N2O3S. The summed E-state index contributed by atoms with van der Waals surface area (Å²) in [7, 11) is 1.33. The molecule has 0 saturated heterocycles. The maximum absolute atomic E-state index is 14.8. The topological polar surface area (TPSA) is 64.3 Å². The Bertz CT molecular complexity index is 1060. The molecule has 3 rings (SSSR count). The van der Waals surface area contributed by atoms with Gasteiger partial charge in [0.05, 0.1) is 20.6 Å². The van der Waals surface area contributed by atoms with E-state index in [2.05, 4.69) is 5.10 Å². The van der Waals surface area contributed by atoms with Crippen LogP contribution < -0.4 is 4.74 Å². The molecule has 0 fully saturated rings. The number of hydrogen-bond donors (Lipinski definition) is 1. The van der Waals surface area contributed by atoms with Crippen LogP contribution in [0.25, 0.3) is 10.1 Å². The van der Waals surface area contributed by atoms with Gasteiger partial charge in [-0.05, 0) is 25.1 Å². The smallest absolute Gasteiger partial charge is 0.435 e. The number of aromatic nitrogens is 2. The number of fused-ring (bicyclic) bond motifs is 1. The predicted molar refractivity (Wildman–Crippen MR) is 95.4 cm³/mol. The number of aryl methyl sites for hydroxylation is 1. The highest BCUT2D eigenvalue weighted by atomic mass is 35.5. The molecule has 0 saturated carbocycles. The molecule has 1 aromatic carbocycles. The lowest BCUT2D eigenvalue weighted by atomic mass is 10.0. The van der Waals surface area contributed by atoms with E-state index in [4.69, 9.17) is 16.3 Å². The van der Waals surface area contributed by atoms with Gasteiger partial charge in [0.1, 0.15) is 6.61 Å². The maximum Gasteiger partial charge on any atom is 0.435 e. The lowest BCUT2D eigenvalue weighted by Crippen LogP contribution is -2.07. The summed E-state index contributed by atoms with van der Waals surface area (Å²) in [6.07, 6.45) is -4.59. The van der Waals surface area contributed by atoms with Gasteiger partial charge in [0.2, 0.25) is 0 Å². The summed E-state index contributed by atoms with van der Waals surface area (Å²) < 4.78 is 59.6. The SMILES string of the molecule is CC(C(=O)O)c1c(Cl)sc2c(F)c(OCc3cc(C(F)(F)F)nn3C)ccc12. The van der Waals surface area contributed by atoms with E-state index < -0.39 is 29.6 Å². The summed E-state index contributed by atoms with van der Waals surface area (Å²) in [5.74, 6) is -2.97. The minimum absolute atomic E-state index is 0.108. The van der Waals surface area contributed by atoms with E-state index in [1.165, 1.54) is 26.1 Å². The van der Waals surface area contributed by atoms with Crippen molar-refractivity contribution in [3.63, 3.8) is 0 Å². The van der Waals surface area contributed by atoms with Gasteiger partial charge in [-0.3, -0.25) is 9.48 Å². The fraction of sp³-hybridized carbons (Fsp3) is 0.294. The monoisotopic (exact) mass is 436 g/mol. The second kappa shape index (κ2) is 7.25. The fourth-order valence-corrected chi connectivity index (χ4v) is 4.22. The van der Waals surface area contributed by atoms with E-state index in [-0.39, 0.29) is 27.1 Å². The van der Waals surface area contributed by atoms with Crippen LogP contribution in [0.5, 0.6) is 5.75 Å². The van der Waals surface area contributed by atoms with Gasteiger partial charge >= 0.3 is 12.1 Å². The lowest BCUT2D eigenvalue weighted by Gasteiger charge is -2.09. The number of carboxylic acid groups (broad SMARTS) is 1. The summed E-state index contributed by atoms with van der Waals surface area (Å²) in [4.78, 5) is 11.2. The van der Waals surface area contributed by atoms with E-state index >= 15 is 0 Å². The fourth-order valence-electron chi connectivity index (χ4n) is 2.67. The second-order valence-corrected chi connectivity index (χ2v) is 7.66. The molecule has 0 aliphatic heterocycles. The average molecular weight is 437 g/mol. The third-order valence-electron chi connectivity index (χ3n) is 4.20. The Morgan fingerprint density at radius 1 is 1.43 bits per heavy atom. The van der Waals surface area contributed by atoms with Crippen molar-refractivity contribution < 1.29 is 32.2 Å². The Labute approximate surface area is 165 Å². The van der Waals surface area contributed by atoms with Crippen LogP contribution in [0.3, 0.4) is 0 Å². The van der Waals surface area contributed by atoms with Crippen LogP contribution in [0.4, 0.5) is 17.6 Å². The van der Waals surface area contributed by atoms with E-state index in [9.17, 15) is 27.5 Å². The van der Waals surface area contributed by atoms with Crippen molar-refractivity contribution in [1.29, 1.82) is 0 Å². The molecule has 150 valence electrons. The number of thiophene rings is 1. The molecule has 0 bridgehead atoms. The van der Waals surface area contributed by atoms with Crippen molar-refractivity contribution >= 4 is 39.0 Å². The van der Waals surface area contributed by atoms with Gasteiger partial charge in [0.25, 0.3) is 0 Å². The van der Waals surface area contributed by atoms with Crippen LogP contribution in [-0.2, 0) is 24.6 Å². The molecular weight excluding hydrogens is 424 g/mol. The molecule has 28 heavy (non-hydrogen) atoms. The van der Waals surface area contributed by atoms with Crippen molar-refractivity contribution in [1.82, 2.24) is 9.78 Å². The maximum atomic E-state index is 14.8. The standard InChI is InChI=1S/C17H13ClF4N2O3S/c1-7(16(25)26)12-9-3-4-10(13(19)14(9)28-15(12)18)27-6-8-5-11(17(20,21)22)23-24(8)2/h3-5,7H,6H2,1-2H3,(H,25,26). The molecule has 1 N–H and O–H groups in total. The number of ether oxygens (including phenoxy) is 1. The van der Waals surface area contributed by atoms with Crippen molar-refractivity contribution in [3.8, 4) is 5.75 Å². The number of rotatable bonds is 5. The molecule has 3 aromatic rings. The molecule has 5 nitrogen and oxygen atoms in total. The van der Waals surface area contributed by atoms with Gasteiger partial charge in [0, 0.05) is 18.0 Å². The predicted octanol–water partition coefficient (Wildman–Crippen LogP) is 5.21. The first kappa shape index (κ1) is 20.4. The first-order valence-corrected chi connectivity index (χ1v) is 9.06. The van der Waals surface area contributed by atoms with Gasteiger partial charge in [-0.15, -0.1) is 11.3 Å². The quantitative estimate of drug-likeness (QED) is 0.557. The summed E-state index contributed by atoms with van der Waals surface area (Å²) in [6.45, 7) is 1.11. The van der Waals surface area contributed by atoms with Crippen molar-refractivity contribution in [3.05, 3.63) is 45.3 Å². The molecule has 1 atom stereocenters. The number of carboxylic acids is 1. The molecule has 1 unspecified atom stereocenters. The van der Waals surface area contributed by atoms with Crippen LogP contribution in [0.15, 0.2) is 18.2 Å². The van der Waals surface area contributed by atoms with Crippen LogP contribution in [0, 0.1) is 5.82 Å². The first-order valence-electron chi connectivity index (χ1n) is 7.86. The highest BCUT2D eigenvalue weighted by Gasteiger charge is 2.34. The van der Waals surface area contributed by atoms with E-state index in [0.717, 1.165) is 22.1 Å². The number of hydrogen-bond acceptors (Lipinski definition) is 4. The van der Waals surface area contributed by atoms with E-state index in [1.54, 1.807) is 0 Å².